The summed E-state index contributed by atoms with van der Waals surface area (Å²) in [5, 5.41) is 16.4. The van der Waals surface area contributed by atoms with Gasteiger partial charge in [-0.05, 0) is 38.0 Å². The van der Waals surface area contributed by atoms with Gasteiger partial charge < -0.3 is 0 Å². The first-order valence-corrected chi connectivity index (χ1v) is 10.4. The summed E-state index contributed by atoms with van der Waals surface area (Å²) in [6.07, 6.45) is -1.86. The van der Waals surface area contributed by atoms with Crippen molar-refractivity contribution < 1.29 is 17.2 Å². The van der Waals surface area contributed by atoms with Crippen molar-refractivity contribution in [2.45, 2.75) is 36.6 Å². The first kappa shape index (κ1) is 18.7. The van der Waals surface area contributed by atoms with E-state index in [9.17, 15) is 17.2 Å². The van der Waals surface area contributed by atoms with Crippen molar-refractivity contribution >= 4 is 32.3 Å². The lowest BCUT2D eigenvalue weighted by Crippen LogP contribution is -2.35. The highest BCUT2D eigenvalue weighted by molar-refractivity contribution is 7.89. The van der Waals surface area contributed by atoms with Gasteiger partial charge in [-0.2, -0.15) is 9.98 Å². The molecule has 0 radical (unpaired) electrons. The van der Waals surface area contributed by atoms with Crippen LogP contribution in [-0.2, 0) is 10.0 Å². The Morgan fingerprint density at radius 3 is 2.64 bits per heavy atom. The van der Waals surface area contributed by atoms with E-state index in [0.29, 0.717) is 40.9 Å². The zero-order chi connectivity index (χ0) is 20.1. The van der Waals surface area contributed by atoms with Gasteiger partial charge in [-0.3, -0.25) is 0 Å². The number of rotatable bonds is 5. The Hall–Kier alpha value is -2.62. The third-order valence-corrected chi connectivity index (χ3v) is 6.68. The molecule has 1 saturated carbocycles. The molecule has 1 aromatic carbocycles. The molecule has 0 bridgehead atoms. The molecule has 0 atom stereocenters. The highest BCUT2D eigenvalue weighted by Crippen LogP contribution is 2.37. The van der Waals surface area contributed by atoms with Gasteiger partial charge in [0, 0.05) is 5.39 Å². The number of benzene rings is 1. The Morgan fingerprint density at radius 1 is 1.29 bits per heavy atom. The summed E-state index contributed by atoms with van der Waals surface area (Å²) in [5.41, 5.74) is -0.395. The number of nitriles is 1. The van der Waals surface area contributed by atoms with E-state index in [-0.39, 0.29) is 15.6 Å². The monoisotopic (exact) mass is 422 g/mol. The van der Waals surface area contributed by atoms with E-state index < -0.39 is 27.0 Å². The highest BCUT2D eigenvalue weighted by atomic mass is 32.2. The van der Waals surface area contributed by atoms with Crippen LogP contribution in [0, 0.1) is 18.3 Å². The van der Waals surface area contributed by atoms with Crippen LogP contribution in [0.2, 0.25) is 0 Å². The molecule has 0 aliphatic heterocycles. The van der Waals surface area contributed by atoms with Crippen LogP contribution < -0.4 is 4.72 Å². The summed E-state index contributed by atoms with van der Waals surface area (Å²) >= 11 is 0.684. The van der Waals surface area contributed by atoms with Crippen molar-refractivity contribution in [2.75, 3.05) is 0 Å². The first-order valence-electron chi connectivity index (χ1n) is 8.09. The summed E-state index contributed by atoms with van der Waals surface area (Å²) in [7, 11) is -3.96. The Labute approximate surface area is 162 Å². The molecular weight excluding hydrogens is 410 g/mol. The fraction of sp³-hybridized carbons (Fsp3) is 0.312. The minimum atomic E-state index is -3.96. The smallest absolute Gasteiger partial charge is 0.233 e. The molecule has 3 aromatic rings. The summed E-state index contributed by atoms with van der Waals surface area (Å²) in [6, 6.07) is 6.20. The second-order valence-electron chi connectivity index (χ2n) is 6.34. The maximum absolute atomic E-state index is 12.9. The fourth-order valence-electron chi connectivity index (χ4n) is 2.65. The second kappa shape index (κ2) is 6.47. The van der Waals surface area contributed by atoms with Crippen molar-refractivity contribution in [1.82, 2.24) is 24.9 Å². The number of hydrogen-bond donors (Lipinski definition) is 1. The van der Waals surface area contributed by atoms with E-state index in [1.165, 1.54) is 18.2 Å². The first-order chi connectivity index (χ1) is 13.2. The number of hydrogen-bond acceptors (Lipinski definition) is 8. The number of aromatic nitrogens is 4. The lowest BCUT2D eigenvalue weighted by molar-refractivity contribution is 0.150. The molecule has 0 unspecified atom stereocenters. The number of sulfonamides is 1. The number of aryl methyl sites for hydroxylation is 1. The van der Waals surface area contributed by atoms with Crippen molar-refractivity contribution in [3.05, 3.63) is 29.0 Å². The predicted molar refractivity (Wildman–Crippen MR) is 96.0 cm³/mol. The van der Waals surface area contributed by atoms with E-state index in [1.807, 2.05) is 6.07 Å². The quantitative estimate of drug-likeness (QED) is 0.671. The van der Waals surface area contributed by atoms with Gasteiger partial charge in [0.2, 0.25) is 10.0 Å². The van der Waals surface area contributed by atoms with Crippen LogP contribution >= 0.6 is 11.3 Å². The summed E-state index contributed by atoms with van der Waals surface area (Å²) in [5.74, 6) is 0.381. The van der Waals surface area contributed by atoms with Crippen molar-refractivity contribution in [3.63, 3.8) is 0 Å². The van der Waals surface area contributed by atoms with Gasteiger partial charge in [0.25, 0.3) is 6.43 Å². The number of nitrogens with zero attached hydrogens (tertiary/aromatic N) is 5. The van der Waals surface area contributed by atoms with Crippen molar-refractivity contribution in [1.29, 1.82) is 5.26 Å². The summed E-state index contributed by atoms with van der Waals surface area (Å²) < 4.78 is 53.5. The molecule has 28 heavy (non-hydrogen) atoms. The average molecular weight is 422 g/mol. The van der Waals surface area contributed by atoms with Crippen molar-refractivity contribution in [3.8, 4) is 16.8 Å². The molecule has 4 rings (SSSR count). The number of fused-ring (bicyclic) bond motifs is 1. The lowest BCUT2D eigenvalue weighted by atomic mass is 10.2. The number of alkyl halides is 2. The summed E-state index contributed by atoms with van der Waals surface area (Å²) in [6.45, 7) is 1.63. The molecule has 0 spiro atoms. The molecular formula is C16H12F2N6O2S2. The molecule has 2 heterocycles. The van der Waals surface area contributed by atoms with Gasteiger partial charge in [-0.15, -0.1) is 10.2 Å². The molecule has 8 nitrogen and oxygen atoms in total. The zero-order valence-electron chi connectivity index (χ0n) is 14.3. The topological polar surface area (TPSA) is 122 Å². The predicted octanol–water partition coefficient (Wildman–Crippen LogP) is 2.73. The van der Waals surface area contributed by atoms with Gasteiger partial charge in [-0.1, -0.05) is 11.3 Å². The van der Waals surface area contributed by atoms with Gasteiger partial charge in [-0.25, -0.2) is 27.2 Å². The van der Waals surface area contributed by atoms with Gasteiger partial charge in [0.05, 0.1) is 16.5 Å². The SMILES string of the molecule is Cc1nc(-c2nnc(C(F)F)s2)c2cc(S(=O)(=O)NC3(C#N)CC3)ccc2n1. The average Bonchev–Trinajstić information content (AvgIpc) is 3.23. The van der Waals surface area contributed by atoms with Gasteiger partial charge >= 0.3 is 0 Å². The minimum absolute atomic E-state index is 0.0752. The molecule has 0 saturated heterocycles. The normalized spacial score (nSPS) is 15.7. The van der Waals surface area contributed by atoms with Gasteiger partial charge in [0.1, 0.15) is 17.1 Å². The molecule has 2 aromatic heterocycles. The van der Waals surface area contributed by atoms with E-state index in [2.05, 4.69) is 24.9 Å². The third kappa shape index (κ3) is 3.32. The second-order valence-corrected chi connectivity index (χ2v) is 9.04. The Kier molecular flexibility index (Phi) is 4.33. The van der Waals surface area contributed by atoms with Crippen molar-refractivity contribution in [2.24, 2.45) is 0 Å². The van der Waals surface area contributed by atoms with Crippen LogP contribution in [0.25, 0.3) is 21.6 Å². The largest absolute Gasteiger partial charge is 0.291 e. The molecule has 1 N–H and O–H groups in total. The van der Waals surface area contributed by atoms with Crippen LogP contribution in [0.1, 0.15) is 30.1 Å². The van der Waals surface area contributed by atoms with E-state index in [0.717, 1.165) is 0 Å². The minimum Gasteiger partial charge on any atom is -0.233 e. The molecule has 1 aliphatic rings. The lowest BCUT2D eigenvalue weighted by Gasteiger charge is -2.11. The Morgan fingerprint density at radius 2 is 2.04 bits per heavy atom. The van der Waals surface area contributed by atoms with Gasteiger partial charge in [0.15, 0.2) is 10.0 Å². The van der Waals surface area contributed by atoms with Crippen LogP contribution in [0.5, 0.6) is 0 Å². The molecule has 0 amide bonds. The van der Waals surface area contributed by atoms with E-state index >= 15 is 0 Å². The number of halogens is 2. The third-order valence-electron chi connectivity index (χ3n) is 4.21. The van der Waals surface area contributed by atoms with Crippen LogP contribution in [-0.4, -0.2) is 34.1 Å². The summed E-state index contributed by atoms with van der Waals surface area (Å²) in [4.78, 5) is 8.44. The molecule has 144 valence electrons. The standard InChI is InChI=1S/C16H12F2N6O2S2/c1-8-20-11-3-2-9(28(25,26)24-16(7-19)4-5-16)6-10(11)12(21-8)14-22-23-15(27-14)13(17)18/h2-3,6,13,24H,4-5H2,1H3. The van der Waals surface area contributed by atoms with E-state index in [4.69, 9.17) is 5.26 Å². The Balaban J connectivity index is 1.84. The zero-order valence-corrected chi connectivity index (χ0v) is 16.0. The van der Waals surface area contributed by atoms with E-state index in [1.54, 1.807) is 6.92 Å². The maximum atomic E-state index is 12.9. The molecule has 12 heteroatoms. The molecule has 1 aliphatic carbocycles. The Bertz CT molecular complexity index is 1230. The molecule has 1 fully saturated rings. The van der Waals surface area contributed by atoms with Crippen LogP contribution in [0.15, 0.2) is 23.1 Å². The highest BCUT2D eigenvalue weighted by Gasteiger charge is 2.46. The van der Waals surface area contributed by atoms with Crippen LogP contribution in [0.3, 0.4) is 0 Å². The van der Waals surface area contributed by atoms with Crippen LogP contribution in [0.4, 0.5) is 8.78 Å². The number of nitrogens with one attached hydrogen (secondary N) is 1. The fourth-order valence-corrected chi connectivity index (χ4v) is 4.76. The maximum Gasteiger partial charge on any atom is 0.291 e.